The molecule has 0 aromatic carbocycles. The van der Waals surface area contributed by atoms with Gasteiger partial charge < -0.3 is 11.1 Å². The van der Waals surface area contributed by atoms with Crippen molar-refractivity contribution in [2.24, 2.45) is 11.7 Å². The summed E-state index contributed by atoms with van der Waals surface area (Å²) in [4.78, 5) is 4.13. The van der Waals surface area contributed by atoms with E-state index < -0.39 is 0 Å². The van der Waals surface area contributed by atoms with Crippen LogP contribution in [0.25, 0.3) is 0 Å². The third kappa shape index (κ3) is 3.34. The fourth-order valence-corrected chi connectivity index (χ4v) is 1.13. The molecule has 14 heavy (non-hydrogen) atoms. The summed E-state index contributed by atoms with van der Waals surface area (Å²) >= 11 is 0. The lowest BCUT2D eigenvalue weighted by Crippen LogP contribution is -2.33. The molecule has 1 aromatic rings. The SMILES string of the molecule is Cc1cc(NCC(N)C(C)C)ccn1. The van der Waals surface area contributed by atoms with E-state index in [1.165, 1.54) is 0 Å². The normalized spacial score (nSPS) is 12.9. The average molecular weight is 193 g/mol. The third-order valence-corrected chi connectivity index (χ3v) is 2.29. The lowest BCUT2D eigenvalue weighted by Gasteiger charge is -2.16. The molecular formula is C11H19N3. The van der Waals surface area contributed by atoms with Crippen molar-refractivity contribution in [1.82, 2.24) is 4.98 Å². The second-order valence-electron chi connectivity index (χ2n) is 3.97. The van der Waals surface area contributed by atoms with Crippen LogP contribution >= 0.6 is 0 Å². The molecule has 1 unspecified atom stereocenters. The van der Waals surface area contributed by atoms with Crippen LogP contribution in [0.5, 0.6) is 0 Å². The smallest absolute Gasteiger partial charge is 0.0393 e. The zero-order valence-corrected chi connectivity index (χ0v) is 9.12. The topological polar surface area (TPSA) is 50.9 Å². The Kier molecular flexibility index (Phi) is 3.89. The van der Waals surface area contributed by atoms with E-state index in [1.807, 2.05) is 19.1 Å². The van der Waals surface area contributed by atoms with Crippen molar-refractivity contribution in [3.63, 3.8) is 0 Å². The van der Waals surface area contributed by atoms with Gasteiger partial charge in [0, 0.05) is 30.2 Å². The Balaban J connectivity index is 2.45. The Morgan fingerprint density at radius 2 is 2.21 bits per heavy atom. The number of nitrogens with one attached hydrogen (secondary N) is 1. The zero-order chi connectivity index (χ0) is 10.6. The molecule has 0 aliphatic rings. The lowest BCUT2D eigenvalue weighted by atomic mass is 10.1. The van der Waals surface area contributed by atoms with Crippen LogP contribution in [0.15, 0.2) is 18.3 Å². The highest BCUT2D eigenvalue weighted by Crippen LogP contribution is 2.07. The molecule has 0 bridgehead atoms. The number of anilines is 1. The van der Waals surface area contributed by atoms with E-state index in [0.717, 1.165) is 17.9 Å². The molecule has 1 rings (SSSR count). The Bertz CT molecular complexity index is 284. The Morgan fingerprint density at radius 3 is 2.79 bits per heavy atom. The minimum Gasteiger partial charge on any atom is -0.383 e. The standard InChI is InChI=1S/C11H19N3/c1-8(2)11(12)7-14-10-4-5-13-9(3)6-10/h4-6,8,11H,7,12H2,1-3H3,(H,13,14). The van der Waals surface area contributed by atoms with Crippen molar-refractivity contribution in [3.8, 4) is 0 Å². The first kappa shape index (κ1) is 11.0. The van der Waals surface area contributed by atoms with E-state index in [2.05, 4.69) is 24.1 Å². The third-order valence-electron chi connectivity index (χ3n) is 2.29. The van der Waals surface area contributed by atoms with Gasteiger partial charge in [-0.3, -0.25) is 4.98 Å². The van der Waals surface area contributed by atoms with Gasteiger partial charge in [-0.05, 0) is 25.0 Å². The van der Waals surface area contributed by atoms with Gasteiger partial charge in [-0.15, -0.1) is 0 Å². The van der Waals surface area contributed by atoms with Crippen molar-refractivity contribution < 1.29 is 0 Å². The fourth-order valence-electron chi connectivity index (χ4n) is 1.13. The summed E-state index contributed by atoms with van der Waals surface area (Å²) in [5.41, 5.74) is 8.04. The van der Waals surface area contributed by atoms with Crippen molar-refractivity contribution in [3.05, 3.63) is 24.0 Å². The summed E-state index contributed by atoms with van der Waals surface area (Å²) < 4.78 is 0. The van der Waals surface area contributed by atoms with E-state index in [9.17, 15) is 0 Å². The molecule has 0 aliphatic heterocycles. The van der Waals surface area contributed by atoms with Crippen molar-refractivity contribution >= 4 is 5.69 Å². The number of aryl methyl sites for hydroxylation is 1. The predicted molar refractivity (Wildman–Crippen MR) is 60.3 cm³/mol. The Labute approximate surface area is 85.7 Å². The van der Waals surface area contributed by atoms with Gasteiger partial charge in [0.1, 0.15) is 0 Å². The van der Waals surface area contributed by atoms with Crippen LogP contribution in [-0.2, 0) is 0 Å². The highest BCUT2D eigenvalue weighted by molar-refractivity contribution is 5.42. The van der Waals surface area contributed by atoms with Gasteiger partial charge in [0.2, 0.25) is 0 Å². The van der Waals surface area contributed by atoms with Crippen LogP contribution in [0.4, 0.5) is 5.69 Å². The molecule has 3 nitrogen and oxygen atoms in total. The molecule has 0 aliphatic carbocycles. The molecule has 3 heteroatoms. The quantitative estimate of drug-likeness (QED) is 0.766. The van der Waals surface area contributed by atoms with Gasteiger partial charge in [0.05, 0.1) is 0 Å². The fraction of sp³-hybridized carbons (Fsp3) is 0.545. The second kappa shape index (κ2) is 4.96. The summed E-state index contributed by atoms with van der Waals surface area (Å²) in [6, 6.07) is 4.18. The first-order valence-corrected chi connectivity index (χ1v) is 5.01. The summed E-state index contributed by atoms with van der Waals surface area (Å²) in [7, 11) is 0. The zero-order valence-electron chi connectivity index (χ0n) is 9.12. The number of hydrogen-bond donors (Lipinski definition) is 2. The van der Waals surface area contributed by atoms with Gasteiger partial charge in [-0.25, -0.2) is 0 Å². The molecule has 0 spiro atoms. The number of aromatic nitrogens is 1. The Hall–Kier alpha value is -1.09. The minimum atomic E-state index is 0.198. The number of nitrogens with zero attached hydrogens (tertiary/aromatic N) is 1. The predicted octanol–water partition coefficient (Wildman–Crippen LogP) is 1.79. The van der Waals surface area contributed by atoms with Crippen LogP contribution in [0, 0.1) is 12.8 Å². The molecule has 0 saturated heterocycles. The maximum Gasteiger partial charge on any atom is 0.0393 e. The molecule has 1 heterocycles. The van der Waals surface area contributed by atoms with E-state index in [1.54, 1.807) is 6.20 Å². The van der Waals surface area contributed by atoms with Crippen molar-refractivity contribution in [1.29, 1.82) is 0 Å². The first-order chi connectivity index (χ1) is 6.59. The molecule has 0 radical (unpaired) electrons. The van der Waals surface area contributed by atoms with Crippen LogP contribution in [-0.4, -0.2) is 17.6 Å². The van der Waals surface area contributed by atoms with Crippen molar-refractivity contribution in [2.45, 2.75) is 26.8 Å². The Morgan fingerprint density at radius 1 is 1.50 bits per heavy atom. The van der Waals surface area contributed by atoms with Gasteiger partial charge in [-0.2, -0.15) is 0 Å². The molecule has 0 saturated carbocycles. The number of pyridine rings is 1. The summed E-state index contributed by atoms with van der Waals surface area (Å²) in [5.74, 6) is 0.505. The first-order valence-electron chi connectivity index (χ1n) is 5.01. The number of hydrogen-bond acceptors (Lipinski definition) is 3. The number of nitrogens with two attached hydrogens (primary N) is 1. The van der Waals surface area contributed by atoms with Crippen molar-refractivity contribution in [2.75, 3.05) is 11.9 Å². The monoisotopic (exact) mass is 193 g/mol. The average Bonchev–Trinajstić information content (AvgIpc) is 2.14. The lowest BCUT2D eigenvalue weighted by molar-refractivity contribution is 0.511. The van der Waals surface area contributed by atoms with E-state index in [4.69, 9.17) is 5.73 Å². The highest BCUT2D eigenvalue weighted by Gasteiger charge is 2.06. The molecule has 78 valence electrons. The van der Waals surface area contributed by atoms with Gasteiger partial charge in [0.15, 0.2) is 0 Å². The van der Waals surface area contributed by atoms with Crippen LogP contribution in [0.1, 0.15) is 19.5 Å². The summed E-state index contributed by atoms with van der Waals surface area (Å²) in [6.45, 7) is 7.04. The van der Waals surface area contributed by atoms with E-state index >= 15 is 0 Å². The van der Waals surface area contributed by atoms with Crippen LogP contribution < -0.4 is 11.1 Å². The minimum absolute atomic E-state index is 0.198. The highest BCUT2D eigenvalue weighted by atomic mass is 14.9. The van der Waals surface area contributed by atoms with Gasteiger partial charge in [0.25, 0.3) is 0 Å². The van der Waals surface area contributed by atoms with Gasteiger partial charge in [-0.1, -0.05) is 13.8 Å². The molecular weight excluding hydrogens is 174 g/mol. The second-order valence-corrected chi connectivity index (χ2v) is 3.97. The number of rotatable bonds is 4. The van der Waals surface area contributed by atoms with E-state index in [-0.39, 0.29) is 6.04 Å². The maximum atomic E-state index is 5.92. The summed E-state index contributed by atoms with van der Waals surface area (Å²) in [6.07, 6.45) is 1.80. The van der Waals surface area contributed by atoms with Crippen LogP contribution in [0.3, 0.4) is 0 Å². The maximum absolute atomic E-state index is 5.92. The largest absolute Gasteiger partial charge is 0.383 e. The van der Waals surface area contributed by atoms with Gasteiger partial charge >= 0.3 is 0 Å². The molecule has 0 fully saturated rings. The van der Waals surface area contributed by atoms with Crippen LogP contribution in [0.2, 0.25) is 0 Å². The molecule has 1 aromatic heterocycles. The molecule has 1 atom stereocenters. The molecule has 3 N–H and O–H groups in total. The summed E-state index contributed by atoms with van der Waals surface area (Å²) in [5, 5.41) is 3.30. The molecule has 0 amide bonds. The van der Waals surface area contributed by atoms with E-state index in [0.29, 0.717) is 5.92 Å².